The molecule has 1 aliphatic rings. The predicted molar refractivity (Wildman–Crippen MR) is 80.1 cm³/mol. The summed E-state index contributed by atoms with van der Waals surface area (Å²) in [6.45, 7) is 4.64. The Morgan fingerprint density at radius 1 is 1.32 bits per heavy atom. The van der Waals surface area contributed by atoms with Gasteiger partial charge in [0, 0.05) is 13.2 Å². The lowest BCUT2D eigenvalue weighted by molar-refractivity contribution is 0.218. The van der Waals surface area contributed by atoms with Gasteiger partial charge in [0.05, 0.1) is 6.20 Å². The molecule has 2 atom stereocenters. The highest BCUT2D eigenvalue weighted by atomic mass is 15.2. The van der Waals surface area contributed by atoms with Crippen molar-refractivity contribution < 1.29 is 0 Å². The highest BCUT2D eigenvalue weighted by Gasteiger charge is 2.24. The number of hydrogen-bond donors (Lipinski definition) is 1. The molecule has 0 aliphatic heterocycles. The normalized spacial score (nSPS) is 23.7. The van der Waals surface area contributed by atoms with Crippen molar-refractivity contribution in [1.82, 2.24) is 15.1 Å². The smallest absolute Gasteiger partial charge is 0.0521 e. The Morgan fingerprint density at radius 3 is 2.79 bits per heavy atom. The molecule has 0 spiro atoms. The Labute approximate surface area is 117 Å². The third kappa shape index (κ3) is 4.64. The van der Waals surface area contributed by atoms with Gasteiger partial charge in [-0.25, -0.2) is 0 Å². The molecule has 1 aromatic heterocycles. The second-order valence-corrected chi connectivity index (χ2v) is 6.07. The first-order chi connectivity index (χ1) is 9.29. The Hall–Kier alpha value is -0.830. The molecule has 0 saturated heterocycles. The number of hydrogen-bond acceptors (Lipinski definition) is 2. The summed E-state index contributed by atoms with van der Waals surface area (Å²) in [5.74, 6) is 1.82. The van der Waals surface area contributed by atoms with E-state index in [1.165, 1.54) is 63.6 Å². The Bertz CT molecular complexity index is 359. The fraction of sp³-hybridized carbons (Fsp3) is 0.812. The molecule has 1 saturated carbocycles. The summed E-state index contributed by atoms with van der Waals surface area (Å²) in [5, 5.41) is 7.88. The monoisotopic (exact) mass is 263 g/mol. The second kappa shape index (κ2) is 7.68. The van der Waals surface area contributed by atoms with Crippen molar-refractivity contribution in [3.63, 3.8) is 0 Å². The van der Waals surface area contributed by atoms with E-state index in [4.69, 9.17) is 0 Å². The highest BCUT2D eigenvalue weighted by molar-refractivity contribution is 5.03. The van der Waals surface area contributed by atoms with Crippen molar-refractivity contribution in [2.45, 2.75) is 51.9 Å². The minimum Gasteiger partial charge on any atom is -0.316 e. The molecular formula is C16H29N3. The number of aryl methyl sites for hydroxylation is 2. The van der Waals surface area contributed by atoms with Crippen LogP contribution < -0.4 is 5.32 Å². The van der Waals surface area contributed by atoms with Crippen LogP contribution in [0.5, 0.6) is 0 Å². The molecule has 0 amide bonds. The van der Waals surface area contributed by atoms with Crippen molar-refractivity contribution >= 4 is 0 Å². The standard InChI is InChI=1S/C16H29N3/c1-3-10-17-12-16-7-5-4-6-15(16)9-8-14-11-18-19(2)13-14/h11,13,15-17H,3-10,12H2,1-2H3. The summed E-state index contributed by atoms with van der Waals surface area (Å²) in [5.41, 5.74) is 1.40. The van der Waals surface area contributed by atoms with E-state index in [2.05, 4.69) is 23.5 Å². The van der Waals surface area contributed by atoms with Gasteiger partial charge in [-0.15, -0.1) is 0 Å². The van der Waals surface area contributed by atoms with Gasteiger partial charge in [0.2, 0.25) is 0 Å². The minimum absolute atomic E-state index is 0.900. The van der Waals surface area contributed by atoms with Crippen molar-refractivity contribution in [2.24, 2.45) is 18.9 Å². The maximum atomic E-state index is 4.26. The molecule has 2 rings (SSSR count). The largest absolute Gasteiger partial charge is 0.316 e. The van der Waals surface area contributed by atoms with Gasteiger partial charge in [-0.05, 0) is 56.2 Å². The lowest BCUT2D eigenvalue weighted by atomic mass is 9.76. The van der Waals surface area contributed by atoms with Crippen LogP contribution in [0.25, 0.3) is 0 Å². The highest BCUT2D eigenvalue weighted by Crippen LogP contribution is 2.32. The van der Waals surface area contributed by atoms with E-state index in [1.54, 1.807) is 0 Å². The predicted octanol–water partition coefficient (Wildman–Crippen LogP) is 3.16. The molecule has 3 heteroatoms. The zero-order chi connectivity index (χ0) is 13.5. The van der Waals surface area contributed by atoms with Crippen LogP contribution in [0.4, 0.5) is 0 Å². The summed E-state index contributed by atoms with van der Waals surface area (Å²) >= 11 is 0. The molecule has 0 radical (unpaired) electrons. The summed E-state index contributed by atoms with van der Waals surface area (Å²) < 4.78 is 1.91. The van der Waals surface area contributed by atoms with Gasteiger partial charge in [-0.1, -0.05) is 26.2 Å². The van der Waals surface area contributed by atoms with E-state index >= 15 is 0 Å². The van der Waals surface area contributed by atoms with Crippen molar-refractivity contribution in [3.05, 3.63) is 18.0 Å². The first kappa shape index (κ1) is 14.6. The molecule has 3 nitrogen and oxygen atoms in total. The molecule has 0 aromatic carbocycles. The molecule has 1 fully saturated rings. The van der Waals surface area contributed by atoms with Crippen LogP contribution >= 0.6 is 0 Å². The van der Waals surface area contributed by atoms with Crippen LogP contribution in [0.3, 0.4) is 0 Å². The summed E-state index contributed by atoms with van der Waals surface area (Å²) in [6.07, 6.45) is 13.7. The fourth-order valence-electron chi connectivity index (χ4n) is 3.35. The summed E-state index contributed by atoms with van der Waals surface area (Å²) in [6, 6.07) is 0. The molecule has 0 bridgehead atoms. The fourth-order valence-corrected chi connectivity index (χ4v) is 3.35. The van der Waals surface area contributed by atoms with Crippen LogP contribution in [0.2, 0.25) is 0 Å². The van der Waals surface area contributed by atoms with Gasteiger partial charge in [-0.3, -0.25) is 4.68 Å². The van der Waals surface area contributed by atoms with E-state index in [1.807, 2.05) is 17.9 Å². The third-order valence-electron chi connectivity index (χ3n) is 4.46. The number of nitrogens with one attached hydrogen (secondary N) is 1. The maximum Gasteiger partial charge on any atom is 0.0521 e. The zero-order valence-electron chi connectivity index (χ0n) is 12.6. The second-order valence-electron chi connectivity index (χ2n) is 6.07. The molecule has 1 aliphatic carbocycles. The first-order valence-electron chi connectivity index (χ1n) is 7.98. The van der Waals surface area contributed by atoms with E-state index in [0.29, 0.717) is 0 Å². The molecule has 1 N–H and O–H groups in total. The van der Waals surface area contributed by atoms with Gasteiger partial charge >= 0.3 is 0 Å². The van der Waals surface area contributed by atoms with Crippen LogP contribution in [-0.4, -0.2) is 22.9 Å². The Morgan fingerprint density at radius 2 is 2.11 bits per heavy atom. The van der Waals surface area contributed by atoms with E-state index in [0.717, 1.165) is 11.8 Å². The quantitative estimate of drug-likeness (QED) is 0.766. The maximum absolute atomic E-state index is 4.26. The van der Waals surface area contributed by atoms with E-state index < -0.39 is 0 Å². The molecule has 2 unspecified atom stereocenters. The minimum atomic E-state index is 0.900. The molecule has 1 aromatic rings. The number of rotatable bonds is 7. The average molecular weight is 263 g/mol. The van der Waals surface area contributed by atoms with E-state index in [9.17, 15) is 0 Å². The molecule has 19 heavy (non-hydrogen) atoms. The van der Waals surface area contributed by atoms with E-state index in [-0.39, 0.29) is 0 Å². The van der Waals surface area contributed by atoms with Gasteiger partial charge < -0.3 is 5.32 Å². The van der Waals surface area contributed by atoms with Crippen molar-refractivity contribution in [1.29, 1.82) is 0 Å². The van der Waals surface area contributed by atoms with Crippen LogP contribution in [-0.2, 0) is 13.5 Å². The zero-order valence-corrected chi connectivity index (χ0v) is 12.6. The van der Waals surface area contributed by atoms with Crippen LogP contribution in [0.1, 0.15) is 51.0 Å². The Balaban J connectivity index is 1.78. The summed E-state index contributed by atoms with van der Waals surface area (Å²) in [7, 11) is 2.00. The molecular weight excluding hydrogens is 234 g/mol. The Kier molecular flexibility index (Phi) is 5.90. The van der Waals surface area contributed by atoms with Crippen LogP contribution in [0, 0.1) is 11.8 Å². The molecule has 108 valence electrons. The third-order valence-corrected chi connectivity index (χ3v) is 4.46. The topological polar surface area (TPSA) is 29.9 Å². The average Bonchev–Trinajstić information content (AvgIpc) is 2.84. The van der Waals surface area contributed by atoms with Gasteiger partial charge in [0.25, 0.3) is 0 Å². The first-order valence-corrected chi connectivity index (χ1v) is 7.98. The van der Waals surface area contributed by atoms with Gasteiger partial charge in [0.15, 0.2) is 0 Å². The van der Waals surface area contributed by atoms with Gasteiger partial charge in [0.1, 0.15) is 0 Å². The SMILES string of the molecule is CCCNCC1CCCCC1CCc1cnn(C)c1. The van der Waals surface area contributed by atoms with Crippen LogP contribution in [0.15, 0.2) is 12.4 Å². The van der Waals surface area contributed by atoms with Crippen molar-refractivity contribution in [3.8, 4) is 0 Å². The number of aromatic nitrogens is 2. The molecule has 1 heterocycles. The lowest BCUT2D eigenvalue weighted by Gasteiger charge is -2.32. The number of nitrogens with zero attached hydrogens (tertiary/aromatic N) is 2. The van der Waals surface area contributed by atoms with Gasteiger partial charge in [-0.2, -0.15) is 5.10 Å². The summed E-state index contributed by atoms with van der Waals surface area (Å²) in [4.78, 5) is 0. The lowest BCUT2D eigenvalue weighted by Crippen LogP contribution is -2.31. The van der Waals surface area contributed by atoms with Crippen molar-refractivity contribution in [2.75, 3.05) is 13.1 Å².